The summed E-state index contributed by atoms with van der Waals surface area (Å²) in [5.41, 5.74) is 1.76. The van der Waals surface area contributed by atoms with Crippen LogP contribution >= 0.6 is 27.7 Å². The van der Waals surface area contributed by atoms with E-state index in [1.165, 1.54) is 11.5 Å². The minimum atomic E-state index is 0.597. The number of halogens is 1. The first-order chi connectivity index (χ1) is 6.79. The van der Waals surface area contributed by atoms with E-state index >= 15 is 0 Å². The maximum Gasteiger partial charge on any atom is 0.100 e. The van der Waals surface area contributed by atoms with Gasteiger partial charge in [0.15, 0.2) is 0 Å². The maximum absolute atomic E-state index is 8.74. The summed E-state index contributed by atoms with van der Waals surface area (Å²) >= 11 is 5.32. The number of benzene rings is 1. The van der Waals surface area contributed by atoms with Gasteiger partial charge < -0.3 is 5.32 Å². The predicted octanol–water partition coefficient (Wildman–Crippen LogP) is 2.85. The summed E-state index contributed by atoms with van der Waals surface area (Å²) in [4.78, 5) is 0. The Labute approximate surface area is 95.8 Å². The fourth-order valence-electron chi connectivity index (χ4n) is 1.25. The van der Waals surface area contributed by atoms with Crippen LogP contribution in [-0.2, 0) is 0 Å². The zero-order chi connectivity index (χ0) is 9.97. The Hall–Kier alpha value is -0.660. The van der Waals surface area contributed by atoms with E-state index in [4.69, 9.17) is 5.26 Å². The van der Waals surface area contributed by atoms with E-state index in [-0.39, 0.29) is 0 Å². The largest absolute Gasteiger partial charge is 0.381 e. The van der Waals surface area contributed by atoms with Gasteiger partial charge in [0.2, 0.25) is 0 Å². The first-order valence-corrected chi connectivity index (χ1v) is 6.28. The molecule has 1 aliphatic heterocycles. The van der Waals surface area contributed by atoms with Crippen LogP contribution in [0, 0.1) is 11.3 Å². The second kappa shape index (κ2) is 4.24. The number of nitrogens with one attached hydrogen (secondary N) is 1. The Balaban J connectivity index is 2.12. The Morgan fingerprint density at radius 1 is 1.50 bits per heavy atom. The molecule has 0 atom stereocenters. The summed E-state index contributed by atoms with van der Waals surface area (Å²) < 4.78 is 0.858. The molecule has 0 bridgehead atoms. The number of hydrogen-bond donors (Lipinski definition) is 1. The van der Waals surface area contributed by atoms with Gasteiger partial charge in [0.05, 0.1) is 5.56 Å². The van der Waals surface area contributed by atoms with Gasteiger partial charge in [0, 0.05) is 27.7 Å². The highest BCUT2D eigenvalue weighted by atomic mass is 79.9. The number of nitriles is 1. The average Bonchev–Trinajstić information content (AvgIpc) is 2.12. The summed E-state index contributed by atoms with van der Waals surface area (Å²) in [7, 11) is 0. The number of rotatable bonds is 2. The highest BCUT2D eigenvalue weighted by Gasteiger charge is 2.17. The van der Waals surface area contributed by atoms with Crippen LogP contribution in [-0.4, -0.2) is 17.5 Å². The minimum Gasteiger partial charge on any atom is -0.381 e. The van der Waals surface area contributed by atoms with Gasteiger partial charge in [-0.25, -0.2) is 0 Å². The molecular formula is C10H9BrN2S. The van der Waals surface area contributed by atoms with E-state index in [0.29, 0.717) is 11.6 Å². The molecule has 2 nitrogen and oxygen atoms in total. The van der Waals surface area contributed by atoms with Gasteiger partial charge in [0.25, 0.3) is 0 Å². The fourth-order valence-corrected chi connectivity index (χ4v) is 2.36. The van der Waals surface area contributed by atoms with Gasteiger partial charge in [-0.05, 0) is 34.1 Å². The van der Waals surface area contributed by atoms with Crippen molar-refractivity contribution in [2.75, 3.05) is 16.8 Å². The van der Waals surface area contributed by atoms with Gasteiger partial charge in [-0.2, -0.15) is 17.0 Å². The van der Waals surface area contributed by atoms with Crippen molar-refractivity contribution in [1.29, 1.82) is 5.26 Å². The van der Waals surface area contributed by atoms with Gasteiger partial charge in [-0.3, -0.25) is 0 Å². The van der Waals surface area contributed by atoms with Crippen LogP contribution < -0.4 is 5.32 Å². The van der Waals surface area contributed by atoms with Crippen LogP contribution in [0.5, 0.6) is 0 Å². The Bertz CT molecular complexity index is 382. The summed E-state index contributed by atoms with van der Waals surface area (Å²) in [5.74, 6) is 2.36. The first-order valence-electron chi connectivity index (χ1n) is 4.33. The fraction of sp³-hybridized carbons (Fsp3) is 0.300. The van der Waals surface area contributed by atoms with E-state index in [9.17, 15) is 0 Å². The lowest BCUT2D eigenvalue weighted by atomic mass is 10.2. The van der Waals surface area contributed by atoms with Crippen molar-refractivity contribution in [3.05, 3.63) is 28.2 Å². The van der Waals surface area contributed by atoms with E-state index in [2.05, 4.69) is 27.3 Å². The third kappa shape index (κ3) is 2.05. The van der Waals surface area contributed by atoms with Crippen LogP contribution in [0.1, 0.15) is 5.56 Å². The number of nitrogens with zero attached hydrogens (tertiary/aromatic N) is 1. The molecule has 0 amide bonds. The molecule has 2 rings (SSSR count). The molecule has 72 valence electrons. The molecule has 0 aliphatic carbocycles. The van der Waals surface area contributed by atoms with Crippen molar-refractivity contribution < 1.29 is 0 Å². The molecule has 0 aromatic heterocycles. The lowest BCUT2D eigenvalue weighted by molar-refractivity contribution is 0.882. The van der Waals surface area contributed by atoms with Crippen LogP contribution in [0.25, 0.3) is 0 Å². The van der Waals surface area contributed by atoms with Crippen LogP contribution in [0.4, 0.5) is 5.69 Å². The van der Waals surface area contributed by atoms with E-state index in [1.54, 1.807) is 0 Å². The molecule has 1 aromatic carbocycles. The molecule has 1 aliphatic rings. The molecule has 1 heterocycles. The van der Waals surface area contributed by atoms with Crippen molar-refractivity contribution in [1.82, 2.24) is 0 Å². The lowest BCUT2D eigenvalue weighted by Crippen LogP contribution is -2.33. The van der Waals surface area contributed by atoms with Crippen LogP contribution in [0.15, 0.2) is 22.7 Å². The highest BCUT2D eigenvalue weighted by molar-refractivity contribution is 9.10. The molecule has 1 aromatic rings. The van der Waals surface area contributed by atoms with Gasteiger partial charge >= 0.3 is 0 Å². The first kappa shape index (κ1) is 9.88. The molecule has 1 N–H and O–H groups in total. The van der Waals surface area contributed by atoms with Gasteiger partial charge in [-0.1, -0.05) is 0 Å². The zero-order valence-electron chi connectivity index (χ0n) is 7.46. The summed E-state index contributed by atoms with van der Waals surface area (Å²) in [6.07, 6.45) is 0. The second-order valence-corrected chi connectivity index (χ2v) is 5.11. The third-order valence-corrected chi connectivity index (χ3v) is 4.03. The maximum atomic E-state index is 8.74. The van der Waals surface area contributed by atoms with Crippen molar-refractivity contribution >= 4 is 33.4 Å². The SMILES string of the molecule is N#Cc1ccc(NC2CSC2)cc1Br. The highest BCUT2D eigenvalue weighted by Crippen LogP contribution is 2.25. The molecule has 0 spiro atoms. The van der Waals surface area contributed by atoms with Crippen molar-refractivity contribution in [2.45, 2.75) is 6.04 Å². The smallest absolute Gasteiger partial charge is 0.100 e. The number of hydrogen-bond acceptors (Lipinski definition) is 3. The van der Waals surface area contributed by atoms with Crippen molar-refractivity contribution in [3.8, 4) is 6.07 Å². The van der Waals surface area contributed by atoms with Gasteiger partial charge in [-0.15, -0.1) is 0 Å². The summed E-state index contributed by atoms with van der Waals surface area (Å²) in [5, 5.41) is 12.2. The molecule has 0 radical (unpaired) electrons. The van der Waals surface area contributed by atoms with Crippen LogP contribution in [0.3, 0.4) is 0 Å². The number of thioether (sulfide) groups is 1. The molecule has 14 heavy (non-hydrogen) atoms. The summed E-state index contributed by atoms with van der Waals surface area (Å²) in [6, 6.07) is 8.46. The monoisotopic (exact) mass is 268 g/mol. The third-order valence-electron chi connectivity index (χ3n) is 2.10. The zero-order valence-corrected chi connectivity index (χ0v) is 9.86. The van der Waals surface area contributed by atoms with Gasteiger partial charge in [0.1, 0.15) is 6.07 Å². The Morgan fingerprint density at radius 3 is 2.79 bits per heavy atom. The normalized spacial score (nSPS) is 15.7. The molecule has 0 saturated carbocycles. The van der Waals surface area contributed by atoms with E-state index < -0.39 is 0 Å². The topological polar surface area (TPSA) is 35.8 Å². The van der Waals surface area contributed by atoms with E-state index in [1.807, 2.05) is 30.0 Å². The lowest BCUT2D eigenvalue weighted by Gasteiger charge is -2.27. The Kier molecular flexibility index (Phi) is 2.99. The molecule has 4 heteroatoms. The quantitative estimate of drug-likeness (QED) is 0.896. The van der Waals surface area contributed by atoms with Crippen molar-refractivity contribution in [2.24, 2.45) is 0 Å². The molecule has 1 fully saturated rings. The van der Waals surface area contributed by atoms with Crippen molar-refractivity contribution in [3.63, 3.8) is 0 Å². The minimum absolute atomic E-state index is 0.597. The van der Waals surface area contributed by atoms with Crippen LogP contribution in [0.2, 0.25) is 0 Å². The number of anilines is 1. The molecule has 1 saturated heterocycles. The molecular weight excluding hydrogens is 260 g/mol. The summed E-state index contributed by atoms with van der Waals surface area (Å²) in [6.45, 7) is 0. The Morgan fingerprint density at radius 2 is 2.29 bits per heavy atom. The predicted molar refractivity (Wildman–Crippen MR) is 63.6 cm³/mol. The second-order valence-electron chi connectivity index (χ2n) is 3.19. The average molecular weight is 269 g/mol. The standard InChI is InChI=1S/C10H9BrN2S/c11-10-3-8(2-1-7(10)4-12)13-9-5-14-6-9/h1-3,9,13H,5-6H2. The molecule has 0 unspecified atom stereocenters. The van der Waals surface area contributed by atoms with E-state index in [0.717, 1.165) is 10.2 Å².